The number of hydrazine groups is 1. The molecule has 1 heterocycles. The van der Waals surface area contributed by atoms with E-state index in [1.807, 2.05) is 18.2 Å². The highest BCUT2D eigenvalue weighted by Gasteiger charge is 2.21. The molecule has 2 rings (SSSR count). The smallest absolute Gasteiger partial charge is 0.265 e. The largest absolute Gasteiger partial charge is 0.354 e. The number of piperidine rings is 1. The Labute approximate surface area is 124 Å². The van der Waals surface area contributed by atoms with Crippen molar-refractivity contribution in [3.05, 3.63) is 35.4 Å². The molecule has 114 valence electrons. The number of nitrogens with two attached hydrogens (primary N) is 1. The molecule has 1 fully saturated rings. The van der Waals surface area contributed by atoms with Gasteiger partial charge in [0.2, 0.25) is 5.91 Å². The van der Waals surface area contributed by atoms with Crippen molar-refractivity contribution >= 4 is 11.8 Å². The number of nitrogen functional groups attached to an aromatic ring is 1. The monoisotopic (exact) mass is 290 g/mol. The zero-order valence-electron chi connectivity index (χ0n) is 12.3. The Bertz CT molecular complexity index is 510. The SMILES string of the molecule is CC(=O)NC1CCN(Cc2ccccc2C(=O)NN)CC1. The van der Waals surface area contributed by atoms with Gasteiger partial charge in [0.15, 0.2) is 0 Å². The minimum atomic E-state index is -0.265. The van der Waals surface area contributed by atoms with Crippen LogP contribution in [0.1, 0.15) is 35.7 Å². The van der Waals surface area contributed by atoms with Crippen LogP contribution in [0.25, 0.3) is 0 Å². The number of nitrogens with one attached hydrogen (secondary N) is 2. The standard InChI is InChI=1S/C15H22N4O2/c1-11(20)17-13-6-8-19(9-7-13)10-12-4-2-3-5-14(12)15(21)18-16/h2-5,13H,6-10,16H2,1H3,(H,17,20)(H,18,21). The topological polar surface area (TPSA) is 87.5 Å². The van der Waals surface area contributed by atoms with Gasteiger partial charge in [0.1, 0.15) is 0 Å². The molecule has 0 spiro atoms. The van der Waals surface area contributed by atoms with Crippen molar-refractivity contribution in [3.63, 3.8) is 0 Å². The quantitative estimate of drug-likeness (QED) is 0.425. The molecule has 0 radical (unpaired) electrons. The number of rotatable bonds is 4. The van der Waals surface area contributed by atoms with E-state index in [9.17, 15) is 9.59 Å². The highest BCUT2D eigenvalue weighted by Crippen LogP contribution is 2.16. The van der Waals surface area contributed by atoms with Crippen LogP contribution in [-0.2, 0) is 11.3 Å². The molecule has 4 N–H and O–H groups in total. The fourth-order valence-corrected chi connectivity index (χ4v) is 2.72. The van der Waals surface area contributed by atoms with Crippen molar-refractivity contribution in [2.45, 2.75) is 32.4 Å². The summed E-state index contributed by atoms with van der Waals surface area (Å²) in [5.74, 6) is 4.98. The highest BCUT2D eigenvalue weighted by molar-refractivity contribution is 5.95. The third-order valence-corrected chi connectivity index (χ3v) is 3.78. The summed E-state index contributed by atoms with van der Waals surface area (Å²) in [6, 6.07) is 7.75. The predicted octanol–water partition coefficient (Wildman–Crippen LogP) is 0.391. The third kappa shape index (κ3) is 4.27. The molecule has 0 aliphatic carbocycles. The lowest BCUT2D eigenvalue weighted by atomic mass is 10.0. The number of likely N-dealkylation sites (tertiary alicyclic amines) is 1. The van der Waals surface area contributed by atoms with Crippen LogP contribution in [0.4, 0.5) is 0 Å². The van der Waals surface area contributed by atoms with E-state index in [0.29, 0.717) is 5.56 Å². The second-order valence-electron chi connectivity index (χ2n) is 5.38. The van der Waals surface area contributed by atoms with Gasteiger partial charge >= 0.3 is 0 Å². The molecule has 0 unspecified atom stereocenters. The summed E-state index contributed by atoms with van der Waals surface area (Å²) in [6.07, 6.45) is 1.87. The van der Waals surface area contributed by atoms with Gasteiger partial charge < -0.3 is 5.32 Å². The van der Waals surface area contributed by atoms with E-state index in [4.69, 9.17) is 5.84 Å². The average molecular weight is 290 g/mol. The number of hydrogen-bond donors (Lipinski definition) is 3. The van der Waals surface area contributed by atoms with Crippen molar-refractivity contribution in [3.8, 4) is 0 Å². The van der Waals surface area contributed by atoms with Gasteiger partial charge in [-0.15, -0.1) is 0 Å². The van der Waals surface area contributed by atoms with Crippen LogP contribution in [-0.4, -0.2) is 35.8 Å². The molecule has 0 bridgehead atoms. The summed E-state index contributed by atoms with van der Waals surface area (Å²) in [5, 5.41) is 2.96. The second kappa shape index (κ2) is 7.19. The summed E-state index contributed by atoms with van der Waals surface area (Å²) in [6.45, 7) is 4.08. The summed E-state index contributed by atoms with van der Waals surface area (Å²) in [4.78, 5) is 25.1. The Balaban J connectivity index is 1.95. The zero-order chi connectivity index (χ0) is 15.2. The van der Waals surface area contributed by atoms with Gasteiger partial charge in [0.05, 0.1) is 0 Å². The molecule has 1 aromatic carbocycles. The van der Waals surface area contributed by atoms with Crippen LogP contribution < -0.4 is 16.6 Å². The van der Waals surface area contributed by atoms with Gasteiger partial charge in [-0.05, 0) is 24.5 Å². The molecule has 1 aliphatic heterocycles. The number of hydrogen-bond acceptors (Lipinski definition) is 4. The number of amides is 2. The average Bonchev–Trinajstić information content (AvgIpc) is 2.48. The Morgan fingerprint density at radius 1 is 1.29 bits per heavy atom. The molecule has 1 saturated heterocycles. The first-order chi connectivity index (χ1) is 10.1. The maximum Gasteiger partial charge on any atom is 0.265 e. The lowest BCUT2D eigenvalue weighted by Gasteiger charge is -2.32. The molecular formula is C15H22N4O2. The predicted molar refractivity (Wildman–Crippen MR) is 80.2 cm³/mol. The first-order valence-corrected chi connectivity index (χ1v) is 7.18. The minimum Gasteiger partial charge on any atom is -0.354 e. The molecule has 6 nitrogen and oxygen atoms in total. The zero-order valence-corrected chi connectivity index (χ0v) is 12.3. The van der Waals surface area contributed by atoms with Crippen molar-refractivity contribution in [1.82, 2.24) is 15.6 Å². The van der Waals surface area contributed by atoms with Crippen LogP contribution in [0.3, 0.4) is 0 Å². The third-order valence-electron chi connectivity index (χ3n) is 3.78. The number of carbonyl (C=O) groups excluding carboxylic acids is 2. The fraction of sp³-hybridized carbons (Fsp3) is 0.467. The molecule has 2 amide bonds. The Hall–Kier alpha value is -1.92. The minimum absolute atomic E-state index is 0.0263. The Kier molecular flexibility index (Phi) is 5.30. The van der Waals surface area contributed by atoms with Gasteiger partial charge in [-0.2, -0.15) is 0 Å². The first kappa shape index (κ1) is 15.5. The molecule has 0 aromatic heterocycles. The fourth-order valence-electron chi connectivity index (χ4n) is 2.72. The van der Waals surface area contributed by atoms with Crippen LogP contribution in [0.2, 0.25) is 0 Å². The van der Waals surface area contributed by atoms with Gasteiger partial charge in [-0.3, -0.25) is 19.9 Å². The first-order valence-electron chi connectivity index (χ1n) is 7.18. The van der Waals surface area contributed by atoms with E-state index in [1.165, 1.54) is 0 Å². The molecule has 0 saturated carbocycles. The van der Waals surface area contributed by atoms with E-state index in [1.54, 1.807) is 13.0 Å². The van der Waals surface area contributed by atoms with Gasteiger partial charge in [-0.25, -0.2) is 5.84 Å². The lowest BCUT2D eigenvalue weighted by Crippen LogP contribution is -2.43. The normalized spacial score (nSPS) is 16.5. The highest BCUT2D eigenvalue weighted by atomic mass is 16.2. The maximum atomic E-state index is 11.7. The van der Waals surface area contributed by atoms with E-state index in [-0.39, 0.29) is 17.9 Å². The number of benzene rings is 1. The van der Waals surface area contributed by atoms with Crippen LogP contribution in [0, 0.1) is 0 Å². The van der Waals surface area contributed by atoms with E-state index in [0.717, 1.165) is 38.0 Å². The van der Waals surface area contributed by atoms with Crippen LogP contribution in [0.5, 0.6) is 0 Å². The van der Waals surface area contributed by atoms with Crippen molar-refractivity contribution in [1.29, 1.82) is 0 Å². The Morgan fingerprint density at radius 3 is 2.57 bits per heavy atom. The lowest BCUT2D eigenvalue weighted by molar-refractivity contribution is -0.119. The molecule has 6 heteroatoms. The molecule has 0 atom stereocenters. The molecule has 1 aliphatic rings. The van der Waals surface area contributed by atoms with E-state index >= 15 is 0 Å². The van der Waals surface area contributed by atoms with Crippen molar-refractivity contribution in [2.24, 2.45) is 5.84 Å². The molecule has 21 heavy (non-hydrogen) atoms. The van der Waals surface area contributed by atoms with Crippen LogP contribution in [0.15, 0.2) is 24.3 Å². The van der Waals surface area contributed by atoms with Crippen LogP contribution >= 0.6 is 0 Å². The summed E-state index contributed by atoms with van der Waals surface area (Å²) in [7, 11) is 0. The van der Waals surface area contributed by atoms with Crippen molar-refractivity contribution in [2.75, 3.05) is 13.1 Å². The molecule has 1 aromatic rings. The van der Waals surface area contributed by atoms with Gasteiger partial charge in [0.25, 0.3) is 5.91 Å². The number of carbonyl (C=O) groups is 2. The number of nitrogens with zero attached hydrogens (tertiary/aromatic N) is 1. The Morgan fingerprint density at radius 2 is 1.95 bits per heavy atom. The second-order valence-corrected chi connectivity index (χ2v) is 5.38. The van der Waals surface area contributed by atoms with Crippen molar-refractivity contribution < 1.29 is 9.59 Å². The van der Waals surface area contributed by atoms with Gasteiger partial charge in [0, 0.05) is 38.2 Å². The summed E-state index contributed by atoms with van der Waals surface area (Å²) >= 11 is 0. The maximum absolute atomic E-state index is 11.7. The van der Waals surface area contributed by atoms with E-state index in [2.05, 4.69) is 15.6 Å². The molecular weight excluding hydrogens is 268 g/mol. The van der Waals surface area contributed by atoms with E-state index < -0.39 is 0 Å². The summed E-state index contributed by atoms with van der Waals surface area (Å²) in [5.41, 5.74) is 3.77. The van der Waals surface area contributed by atoms with Gasteiger partial charge in [-0.1, -0.05) is 18.2 Å². The summed E-state index contributed by atoms with van der Waals surface area (Å²) < 4.78 is 0.